The van der Waals surface area contributed by atoms with E-state index in [2.05, 4.69) is 15.4 Å². The molecule has 0 bridgehead atoms. The minimum atomic E-state index is -1.04. The Balaban J connectivity index is 1.58. The molecule has 2 N–H and O–H groups in total. The molecule has 5 nitrogen and oxygen atoms in total. The Morgan fingerprint density at radius 1 is 1.08 bits per heavy atom. The normalized spacial score (nSPS) is 13.6. The van der Waals surface area contributed by atoms with E-state index in [1.54, 1.807) is 4.52 Å². The fraction of sp³-hybridized carbons (Fsp3) is 0.200. The number of fused-ring (bicyclic) bond motifs is 1. The van der Waals surface area contributed by atoms with Gasteiger partial charge in [-0.15, -0.1) is 5.10 Å². The van der Waals surface area contributed by atoms with Gasteiger partial charge < -0.3 is 10.4 Å². The molecule has 2 aromatic carbocycles. The van der Waals surface area contributed by atoms with Crippen LogP contribution in [0.3, 0.4) is 0 Å². The van der Waals surface area contributed by atoms with Crippen molar-refractivity contribution < 1.29 is 5.11 Å². The van der Waals surface area contributed by atoms with Gasteiger partial charge in [-0.3, -0.25) is 0 Å². The van der Waals surface area contributed by atoms with Gasteiger partial charge in [0.05, 0.1) is 18.4 Å². The Labute approximate surface area is 156 Å². The summed E-state index contributed by atoms with van der Waals surface area (Å²) in [5.41, 5.74) is 1.88. The number of rotatable bonds is 6. The summed E-state index contributed by atoms with van der Waals surface area (Å²) >= 11 is 1.48. The van der Waals surface area contributed by atoms with Crippen LogP contribution in [0.4, 0.5) is 5.13 Å². The Bertz CT molecular complexity index is 965. The summed E-state index contributed by atoms with van der Waals surface area (Å²) in [6, 6.07) is 19.8. The van der Waals surface area contributed by atoms with Gasteiger partial charge in [0, 0.05) is 6.42 Å². The molecule has 26 heavy (non-hydrogen) atoms. The van der Waals surface area contributed by atoms with Gasteiger partial charge >= 0.3 is 0 Å². The summed E-state index contributed by atoms with van der Waals surface area (Å²) in [6.07, 6.45) is 2.41. The van der Waals surface area contributed by atoms with Gasteiger partial charge in [0.25, 0.3) is 0 Å². The third-order valence-corrected chi connectivity index (χ3v) is 5.23. The maximum absolute atomic E-state index is 11.5. The molecule has 0 aliphatic carbocycles. The topological polar surface area (TPSA) is 62.5 Å². The summed E-state index contributed by atoms with van der Waals surface area (Å²) in [5.74, 6) is 0. The Kier molecular flexibility index (Phi) is 4.44. The quantitative estimate of drug-likeness (QED) is 0.548. The van der Waals surface area contributed by atoms with E-state index in [1.165, 1.54) is 11.3 Å². The zero-order valence-electron chi connectivity index (χ0n) is 14.5. The van der Waals surface area contributed by atoms with Gasteiger partial charge in [0.2, 0.25) is 10.1 Å². The molecule has 4 rings (SSSR count). The molecule has 6 heteroatoms. The molecule has 2 heterocycles. The molecule has 0 saturated carbocycles. The summed E-state index contributed by atoms with van der Waals surface area (Å²) in [6.45, 7) is 2.31. The second kappa shape index (κ2) is 6.90. The van der Waals surface area contributed by atoms with Crippen LogP contribution in [-0.2, 0) is 12.0 Å². The van der Waals surface area contributed by atoms with Crippen LogP contribution in [0.15, 0.2) is 66.9 Å². The second-order valence-corrected chi connectivity index (χ2v) is 7.39. The van der Waals surface area contributed by atoms with Crippen molar-refractivity contribution in [3.05, 3.63) is 83.7 Å². The molecule has 1 atom stereocenters. The number of hydrogen-bond donors (Lipinski definition) is 2. The fourth-order valence-electron chi connectivity index (χ4n) is 3.05. The minimum Gasteiger partial charge on any atom is -0.383 e. The van der Waals surface area contributed by atoms with Crippen LogP contribution < -0.4 is 5.32 Å². The van der Waals surface area contributed by atoms with Crippen LogP contribution >= 0.6 is 11.3 Å². The smallest absolute Gasteiger partial charge is 0.214 e. The van der Waals surface area contributed by atoms with E-state index in [-0.39, 0.29) is 0 Å². The molecule has 0 unspecified atom stereocenters. The van der Waals surface area contributed by atoms with Crippen molar-refractivity contribution in [2.75, 3.05) is 11.9 Å². The van der Waals surface area contributed by atoms with Crippen molar-refractivity contribution in [3.63, 3.8) is 0 Å². The Morgan fingerprint density at radius 2 is 1.77 bits per heavy atom. The zero-order valence-corrected chi connectivity index (χ0v) is 15.3. The number of anilines is 1. The number of benzene rings is 2. The number of nitrogens with one attached hydrogen (secondary N) is 1. The van der Waals surface area contributed by atoms with Gasteiger partial charge in [-0.2, -0.15) is 0 Å². The third-order valence-electron chi connectivity index (χ3n) is 4.35. The molecule has 0 saturated heterocycles. The largest absolute Gasteiger partial charge is 0.383 e. The monoisotopic (exact) mass is 364 g/mol. The average molecular weight is 364 g/mol. The van der Waals surface area contributed by atoms with Crippen LogP contribution in [0, 0.1) is 6.92 Å². The Hall–Kier alpha value is -2.70. The molecular weight excluding hydrogens is 344 g/mol. The summed E-state index contributed by atoms with van der Waals surface area (Å²) in [4.78, 5) is 5.26. The van der Waals surface area contributed by atoms with Crippen LogP contribution in [0.5, 0.6) is 0 Å². The van der Waals surface area contributed by atoms with Crippen molar-refractivity contribution in [1.29, 1.82) is 0 Å². The molecule has 0 aliphatic heterocycles. The molecular formula is C20H20N4OS. The summed E-state index contributed by atoms with van der Waals surface area (Å²) in [7, 11) is 0. The first kappa shape index (κ1) is 16.8. The minimum absolute atomic E-state index is 0.363. The number of nitrogens with zero attached hydrogens (tertiary/aromatic N) is 3. The number of imidazole rings is 1. The fourth-order valence-corrected chi connectivity index (χ4v) is 3.87. The van der Waals surface area contributed by atoms with Gasteiger partial charge in [0.1, 0.15) is 5.60 Å². The average Bonchev–Trinajstić information content (AvgIpc) is 3.18. The van der Waals surface area contributed by atoms with Crippen molar-refractivity contribution >= 4 is 21.4 Å². The van der Waals surface area contributed by atoms with E-state index in [1.807, 2.05) is 73.8 Å². The predicted octanol–water partition coefficient (Wildman–Crippen LogP) is 3.64. The molecule has 0 radical (unpaired) electrons. The highest BCUT2D eigenvalue weighted by Gasteiger charge is 2.30. The number of hydrogen-bond acceptors (Lipinski definition) is 5. The Morgan fingerprint density at radius 3 is 2.46 bits per heavy atom. The van der Waals surface area contributed by atoms with Gasteiger partial charge in [-0.25, -0.2) is 9.50 Å². The lowest BCUT2D eigenvalue weighted by molar-refractivity contribution is 0.0508. The summed E-state index contributed by atoms with van der Waals surface area (Å²) < 4.78 is 1.76. The number of aliphatic hydroxyl groups is 1. The van der Waals surface area contributed by atoms with E-state index in [4.69, 9.17) is 0 Å². The summed E-state index contributed by atoms with van der Waals surface area (Å²) in [5, 5.41) is 20.0. The number of aryl methyl sites for hydroxylation is 1. The van der Waals surface area contributed by atoms with E-state index in [0.29, 0.717) is 13.0 Å². The van der Waals surface area contributed by atoms with E-state index >= 15 is 0 Å². The molecule has 0 aliphatic rings. The van der Waals surface area contributed by atoms with Crippen molar-refractivity contribution in [2.24, 2.45) is 0 Å². The second-order valence-electron chi connectivity index (χ2n) is 6.43. The molecule has 0 spiro atoms. The molecule has 4 aromatic rings. The van der Waals surface area contributed by atoms with E-state index in [0.717, 1.165) is 26.9 Å². The van der Waals surface area contributed by atoms with Crippen LogP contribution in [0.25, 0.3) is 4.96 Å². The maximum Gasteiger partial charge on any atom is 0.214 e. The number of aromatic nitrogens is 3. The van der Waals surface area contributed by atoms with Gasteiger partial charge in [-0.1, -0.05) is 72.0 Å². The van der Waals surface area contributed by atoms with E-state index < -0.39 is 5.60 Å². The third kappa shape index (κ3) is 3.47. The first-order valence-corrected chi connectivity index (χ1v) is 9.33. The maximum atomic E-state index is 11.5. The van der Waals surface area contributed by atoms with E-state index in [9.17, 15) is 5.11 Å². The zero-order chi connectivity index (χ0) is 18.0. The SMILES string of the molecule is Cc1cn2nc(NC[C@](O)(Cc3ccccc3)c3ccccc3)sc2n1. The van der Waals surface area contributed by atoms with Gasteiger partial charge in [0.15, 0.2) is 0 Å². The highest BCUT2D eigenvalue weighted by atomic mass is 32.1. The van der Waals surface area contributed by atoms with Crippen molar-refractivity contribution in [3.8, 4) is 0 Å². The highest BCUT2D eigenvalue weighted by Crippen LogP contribution is 2.28. The first-order valence-electron chi connectivity index (χ1n) is 8.51. The first-order chi connectivity index (χ1) is 12.6. The predicted molar refractivity (Wildman–Crippen MR) is 105 cm³/mol. The van der Waals surface area contributed by atoms with Crippen LogP contribution in [0.2, 0.25) is 0 Å². The van der Waals surface area contributed by atoms with Crippen molar-refractivity contribution in [1.82, 2.24) is 14.6 Å². The van der Waals surface area contributed by atoms with Crippen molar-refractivity contribution in [2.45, 2.75) is 18.9 Å². The lowest BCUT2D eigenvalue weighted by atomic mass is 9.87. The highest BCUT2D eigenvalue weighted by molar-refractivity contribution is 7.20. The molecule has 132 valence electrons. The standard InChI is InChI=1S/C20H20N4OS/c1-15-13-24-19(22-15)26-18(23-24)21-14-20(25,17-10-6-3-7-11-17)12-16-8-4-2-5-9-16/h2-11,13,25H,12,14H2,1H3,(H,21,23)/t20-/m1/s1. The van der Waals surface area contributed by atoms with Gasteiger partial charge in [-0.05, 0) is 18.1 Å². The van der Waals surface area contributed by atoms with Crippen LogP contribution in [-0.4, -0.2) is 26.2 Å². The lowest BCUT2D eigenvalue weighted by Crippen LogP contribution is -2.36. The molecule has 0 amide bonds. The lowest BCUT2D eigenvalue weighted by Gasteiger charge is -2.29. The molecule has 0 fully saturated rings. The van der Waals surface area contributed by atoms with Crippen LogP contribution in [0.1, 0.15) is 16.8 Å². The molecule has 2 aromatic heterocycles.